The molecule has 3 heteroatoms. The molecule has 0 bridgehead atoms. The van der Waals surface area contributed by atoms with Gasteiger partial charge in [-0.25, -0.2) is 0 Å². The Labute approximate surface area is 119 Å². The topological polar surface area (TPSA) is 24.5 Å². The predicted molar refractivity (Wildman–Crippen MR) is 80.4 cm³/mol. The normalized spacial score (nSPS) is 35.5. The summed E-state index contributed by atoms with van der Waals surface area (Å²) in [6, 6.07) is 1.98. The Morgan fingerprint density at radius 3 is 2.68 bits per heavy atom. The number of nitrogens with one attached hydrogen (secondary N) is 1. The lowest BCUT2D eigenvalue weighted by molar-refractivity contribution is -0.0300. The van der Waals surface area contributed by atoms with Crippen molar-refractivity contribution in [3.05, 3.63) is 0 Å². The Morgan fingerprint density at radius 2 is 2.11 bits per heavy atom. The van der Waals surface area contributed by atoms with Gasteiger partial charge in [-0.1, -0.05) is 34.1 Å². The van der Waals surface area contributed by atoms with Crippen molar-refractivity contribution >= 4 is 0 Å². The number of piperazine rings is 1. The second-order valence-corrected chi connectivity index (χ2v) is 6.78. The zero-order chi connectivity index (χ0) is 13.8. The standard InChI is InChI=1S/C16H32N2O/c1-5-13(4)15-10-18(14-7-6-8-19-11-14)16(9-17-15)12(2)3/h12-17H,5-11H2,1-4H3. The molecule has 2 fully saturated rings. The molecule has 4 unspecified atom stereocenters. The van der Waals surface area contributed by atoms with Crippen LogP contribution in [0.1, 0.15) is 47.0 Å². The lowest BCUT2D eigenvalue weighted by Gasteiger charge is -2.48. The fraction of sp³-hybridized carbons (Fsp3) is 1.00. The maximum Gasteiger partial charge on any atom is 0.0621 e. The summed E-state index contributed by atoms with van der Waals surface area (Å²) in [6.45, 7) is 13.6. The maximum absolute atomic E-state index is 5.72. The molecule has 4 atom stereocenters. The summed E-state index contributed by atoms with van der Waals surface area (Å²) in [6.07, 6.45) is 3.81. The van der Waals surface area contributed by atoms with E-state index in [1.165, 1.54) is 25.8 Å². The second-order valence-electron chi connectivity index (χ2n) is 6.78. The van der Waals surface area contributed by atoms with Gasteiger partial charge in [0, 0.05) is 37.8 Å². The molecule has 0 aromatic carbocycles. The van der Waals surface area contributed by atoms with Crippen molar-refractivity contribution in [2.45, 2.75) is 65.1 Å². The number of hydrogen-bond donors (Lipinski definition) is 1. The summed E-state index contributed by atoms with van der Waals surface area (Å²) < 4.78 is 5.72. The van der Waals surface area contributed by atoms with Crippen LogP contribution in [0.5, 0.6) is 0 Å². The Balaban J connectivity index is 2.03. The Hall–Kier alpha value is -0.120. The molecule has 0 aliphatic carbocycles. The fourth-order valence-corrected chi connectivity index (χ4v) is 3.51. The van der Waals surface area contributed by atoms with Gasteiger partial charge in [0.1, 0.15) is 0 Å². The molecule has 2 heterocycles. The van der Waals surface area contributed by atoms with Gasteiger partial charge in [0.2, 0.25) is 0 Å². The summed E-state index contributed by atoms with van der Waals surface area (Å²) >= 11 is 0. The van der Waals surface area contributed by atoms with E-state index in [-0.39, 0.29) is 0 Å². The van der Waals surface area contributed by atoms with E-state index in [4.69, 9.17) is 4.74 Å². The molecule has 0 saturated carbocycles. The van der Waals surface area contributed by atoms with Gasteiger partial charge in [-0.2, -0.15) is 0 Å². The van der Waals surface area contributed by atoms with Gasteiger partial charge in [0.15, 0.2) is 0 Å². The zero-order valence-electron chi connectivity index (χ0n) is 13.2. The third-order valence-corrected chi connectivity index (χ3v) is 5.13. The van der Waals surface area contributed by atoms with Crippen LogP contribution in [0.25, 0.3) is 0 Å². The third kappa shape index (κ3) is 3.71. The van der Waals surface area contributed by atoms with E-state index in [1.54, 1.807) is 0 Å². The van der Waals surface area contributed by atoms with Crippen molar-refractivity contribution in [3.8, 4) is 0 Å². The van der Waals surface area contributed by atoms with Crippen LogP contribution in [0, 0.1) is 11.8 Å². The molecule has 0 aromatic rings. The van der Waals surface area contributed by atoms with Crippen molar-refractivity contribution in [3.63, 3.8) is 0 Å². The van der Waals surface area contributed by atoms with Crippen molar-refractivity contribution in [1.29, 1.82) is 0 Å². The first kappa shape index (κ1) is 15.3. The summed E-state index contributed by atoms with van der Waals surface area (Å²) in [5, 5.41) is 3.79. The molecule has 19 heavy (non-hydrogen) atoms. The van der Waals surface area contributed by atoms with Crippen LogP contribution in [0.3, 0.4) is 0 Å². The molecule has 112 valence electrons. The smallest absolute Gasteiger partial charge is 0.0621 e. The highest BCUT2D eigenvalue weighted by atomic mass is 16.5. The van der Waals surface area contributed by atoms with E-state index in [9.17, 15) is 0 Å². The maximum atomic E-state index is 5.72. The molecule has 3 nitrogen and oxygen atoms in total. The van der Waals surface area contributed by atoms with Gasteiger partial charge in [0.05, 0.1) is 6.61 Å². The van der Waals surface area contributed by atoms with Crippen molar-refractivity contribution in [2.24, 2.45) is 11.8 Å². The van der Waals surface area contributed by atoms with E-state index < -0.39 is 0 Å². The van der Waals surface area contributed by atoms with E-state index in [0.29, 0.717) is 24.0 Å². The lowest BCUT2D eigenvalue weighted by Crippen LogP contribution is -2.63. The third-order valence-electron chi connectivity index (χ3n) is 5.13. The number of hydrogen-bond acceptors (Lipinski definition) is 3. The minimum Gasteiger partial charge on any atom is -0.380 e. The van der Waals surface area contributed by atoms with Crippen LogP contribution < -0.4 is 5.32 Å². The van der Waals surface area contributed by atoms with Gasteiger partial charge in [0.25, 0.3) is 0 Å². The highest BCUT2D eigenvalue weighted by Gasteiger charge is 2.36. The van der Waals surface area contributed by atoms with Gasteiger partial charge in [-0.15, -0.1) is 0 Å². The highest BCUT2D eigenvalue weighted by Crippen LogP contribution is 2.25. The van der Waals surface area contributed by atoms with Crippen LogP contribution in [-0.4, -0.2) is 49.3 Å². The number of ether oxygens (including phenoxy) is 1. The van der Waals surface area contributed by atoms with Crippen LogP contribution in [0.4, 0.5) is 0 Å². The van der Waals surface area contributed by atoms with Crippen molar-refractivity contribution in [1.82, 2.24) is 10.2 Å². The first-order valence-electron chi connectivity index (χ1n) is 8.20. The summed E-state index contributed by atoms with van der Waals surface area (Å²) in [5.41, 5.74) is 0. The molecular formula is C16H32N2O. The minimum absolute atomic E-state index is 0.648. The van der Waals surface area contributed by atoms with Crippen molar-refractivity contribution < 1.29 is 4.74 Å². The van der Waals surface area contributed by atoms with Gasteiger partial charge in [-0.3, -0.25) is 4.90 Å². The summed E-state index contributed by atoms with van der Waals surface area (Å²) in [4.78, 5) is 2.76. The van der Waals surface area contributed by atoms with Crippen LogP contribution in [0.15, 0.2) is 0 Å². The quantitative estimate of drug-likeness (QED) is 0.848. The minimum atomic E-state index is 0.648. The molecule has 2 rings (SSSR count). The van der Waals surface area contributed by atoms with Gasteiger partial charge in [-0.05, 0) is 24.7 Å². The number of rotatable bonds is 4. The second kappa shape index (κ2) is 7.05. The Bertz CT molecular complexity index is 263. The van der Waals surface area contributed by atoms with Crippen LogP contribution in [0.2, 0.25) is 0 Å². The van der Waals surface area contributed by atoms with E-state index in [2.05, 4.69) is 37.9 Å². The molecule has 1 N–H and O–H groups in total. The average molecular weight is 268 g/mol. The first-order chi connectivity index (χ1) is 9.13. The fourth-order valence-electron chi connectivity index (χ4n) is 3.51. The zero-order valence-corrected chi connectivity index (χ0v) is 13.2. The Kier molecular flexibility index (Phi) is 5.67. The largest absolute Gasteiger partial charge is 0.380 e. The molecule has 2 aliphatic rings. The molecule has 2 aliphatic heterocycles. The monoisotopic (exact) mass is 268 g/mol. The molecular weight excluding hydrogens is 236 g/mol. The average Bonchev–Trinajstić information content (AvgIpc) is 2.46. The van der Waals surface area contributed by atoms with E-state index in [1.807, 2.05) is 0 Å². The van der Waals surface area contributed by atoms with E-state index in [0.717, 1.165) is 25.7 Å². The highest BCUT2D eigenvalue weighted by molar-refractivity contribution is 4.93. The van der Waals surface area contributed by atoms with E-state index >= 15 is 0 Å². The lowest BCUT2D eigenvalue weighted by atomic mass is 9.90. The first-order valence-corrected chi connectivity index (χ1v) is 8.20. The number of nitrogens with zero attached hydrogens (tertiary/aromatic N) is 1. The van der Waals surface area contributed by atoms with Crippen LogP contribution >= 0.6 is 0 Å². The Morgan fingerprint density at radius 1 is 1.32 bits per heavy atom. The molecule has 0 aromatic heterocycles. The molecule has 0 amide bonds. The summed E-state index contributed by atoms with van der Waals surface area (Å²) in [7, 11) is 0. The van der Waals surface area contributed by atoms with Gasteiger partial charge < -0.3 is 10.1 Å². The predicted octanol–water partition coefficient (Wildman–Crippen LogP) is 2.51. The van der Waals surface area contributed by atoms with Gasteiger partial charge >= 0.3 is 0 Å². The molecule has 2 saturated heterocycles. The van der Waals surface area contributed by atoms with Crippen molar-refractivity contribution in [2.75, 3.05) is 26.3 Å². The SMILES string of the molecule is CCC(C)C1CN(C2CCCOC2)C(C(C)C)CN1. The molecule has 0 radical (unpaired) electrons. The van der Waals surface area contributed by atoms with Crippen LogP contribution in [-0.2, 0) is 4.74 Å². The summed E-state index contributed by atoms with van der Waals surface area (Å²) in [5.74, 6) is 1.48. The molecule has 0 spiro atoms.